The minimum atomic E-state index is -0.529. The number of benzene rings is 1. The molecule has 8 nitrogen and oxygen atoms in total. The van der Waals surface area contributed by atoms with Crippen LogP contribution in [-0.2, 0) is 4.74 Å². The number of amides is 2. The first-order valence-corrected chi connectivity index (χ1v) is 11.9. The SMILES string of the molecule is Cc1cccc(-n2ncc(C(=O)Nc3nccs3)c2C2CCN(C(=O)OC(C)(C)C)CC2)c1. The van der Waals surface area contributed by atoms with Gasteiger partial charge in [-0.1, -0.05) is 12.1 Å². The third-order valence-corrected chi connectivity index (χ3v) is 6.17. The fraction of sp³-hybridized carbons (Fsp3) is 0.417. The molecule has 0 atom stereocenters. The second-order valence-electron chi connectivity index (χ2n) is 9.23. The molecule has 33 heavy (non-hydrogen) atoms. The van der Waals surface area contributed by atoms with Gasteiger partial charge in [-0.15, -0.1) is 11.3 Å². The van der Waals surface area contributed by atoms with Crippen LogP contribution in [0.25, 0.3) is 5.69 Å². The Hall–Kier alpha value is -3.20. The number of rotatable bonds is 4. The number of hydrogen-bond acceptors (Lipinski definition) is 6. The molecule has 2 aromatic heterocycles. The summed E-state index contributed by atoms with van der Waals surface area (Å²) in [6.45, 7) is 8.75. The van der Waals surface area contributed by atoms with Crippen LogP contribution in [0.2, 0.25) is 0 Å². The standard InChI is InChI=1S/C24H29N5O3S/c1-16-6-5-7-18(14-16)29-20(19(15-26-29)21(30)27-22-25-10-13-33-22)17-8-11-28(12-9-17)23(31)32-24(2,3)4/h5-7,10,13-15,17H,8-9,11-12H2,1-4H3,(H,25,27,30). The molecule has 1 fully saturated rings. The van der Waals surface area contributed by atoms with Crippen molar-refractivity contribution in [2.45, 2.75) is 52.1 Å². The monoisotopic (exact) mass is 467 g/mol. The summed E-state index contributed by atoms with van der Waals surface area (Å²) in [5.41, 5.74) is 2.88. The summed E-state index contributed by atoms with van der Waals surface area (Å²) in [6, 6.07) is 8.05. The van der Waals surface area contributed by atoms with Gasteiger partial charge in [0.25, 0.3) is 5.91 Å². The number of carbonyl (C=O) groups excluding carboxylic acids is 2. The van der Waals surface area contributed by atoms with Gasteiger partial charge in [-0.25, -0.2) is 14.5 Å². The molecule has 0 unspecified atom stereocenters. The Morgan fingerprint density at radius 2 is 1.97 bits per heavy atom. The molecular formula is C24H29N5O3S. The number of aromatic nitrogens is 3. The maximum atomic E-state index is 13.1. The van der Waals surface area contributed by atoms with E-state index < -0.39 is 5.60 Å². The van der Waals surface area contributed by atoms with E-state index in [9.17, 15) is 9.59 Å². The first-order valence-electron chi connectivity index (χ1n) is 11.0. The third-order valence-electron chi connectivity index (χ3n) is 5.48. The van der Waals surface area contributed by atoms with Crippen molar-refractivity contribution < 1.29 is 14.3 Å². The van der Waals surface area contributed by atoms with Crippen LogP contribution in [0.15, 0.2) is 42.0 Å². The highest BCUT2D eigenvalue weighted by molar-refractivity contribution is 7.13. The molecular weight excluding hydrogens is 438 g/mol. The summed E-state index contributed by atoms with van der Waals surface area (Å²) in [4.78, 5) is 31.5. The zero-order valence-electron chi connectivity index (χ0n) is 19.4. The Bertz CT molecular complexity index is 1130. The van der Waals surface area contributed by atoms with Crippen LogP contribution in [0.1, 0.15) is 61.1 Å². The smallest absolute Gasteiger partial charge is 0.410 e. The van der Waals surface area contributed by atoms with E-state index in [0.29, 0.717) is 36.6 Å². The largest absolute Gasteiger partial charge is 0.444 e. The van der Waals surface area contributed by atoms with Gasteiger partial charge in [0.1, 0.15) is 5.60 Å². The lowest BCUT2D eigenvalue weighted by Crippen LogP contribution is -2.41. The van der Waals surface area contributed by atoms with Gasteiger partial charge < -0.3 is 9.64 Å². The predicted octanol–water partition coefficient (Wildman–Crippen LogP) is 5.00. The van der Waals surface area contributed by atoms with E-state index in [1.54, 1.807) is 17.3 Å². The van der Waals surface area contributed by atoms with Gasteiger partial charge in [0.2, 0.25) is 0 Å². The highest BCUT2D eigenvalue weighted by atomic mass is 32.1. The van der Waals surface area contributed by atoms with Gasteiger partial charge in [-0.05, 0) is 58.2 Å². The van der Waals surface area contributed by atoms with Crippen LogP contribution >= 0.6 is 11.3 Å². The quantitative estimate of drug-likeness (QED) is 0.583. The van der Waals surface area contributed by atoms with E-state index in [1.807, 2.05) is 56.0 Å². The van der Waals surface area contributed by atoms with Gasteiger partial charge in [0, 0.05) is 30.6 Å². The van der Waals surface area contributed by atoms with Crippen molar-refractivity contribution in [3.05, 3.63) is 58.9 Å². The van der Waals surface area contributed by atoms with E-state index in [1.165, 1.54) is 11.3 Å². The van der Waals surface area contributed by atoms with Crippen molar-refractivity contribution >= 4 is 28.5 Å². The fourth-order valence-electron chi connectivity index (χ4n) is 4.00. The third kappa shape index (κ3) is 5.42. The summed E-state index contributed by atoms with van der Waals surface area (Å²) in [5.74, 6) is -0.155. The number of thiazole rings is 1. The van der Waals surface area contributed by atoms with Crippen molar-refractivity contribution in [3.8, 4) is 5.69 Å². The highest BCUT2D eigenvalue weighted by Crippen LogP contribution is 2.33. The second kappa shape index (κ2) is 9.35. The van der Waals surface area contributed by atoms with Crippen molar-refractivity contribution in [2.24, 2.45) is 0 Å². The Morgan fingerprint density at radius 1 is 1.21 bits per heavy atom. The maximum absolute atomic E-state index is 13.1. The number of piperidine rings is 1. The van der Waals surface area contributed by atoms with Crippen molar-refractivity contribution in [2.75, 3.05) is 18.4 Å². The zero-order chi connectivity index (χ0) is 23.6. The van der Waals surface area contributed by atoms with Gasteiger partial charge in [-0.2, -0.15) is 5.10 Å². The van der Waals surface area contributed by atoms with E-state index in [0.717, 1.165) is 16.9 Å². The number of aryl methyl sites for hydroxylation is 1. The predicted molar refractivity (Wildman–Crippen MR) is 128 cm³/mol. The molecule has 3 heterocycles. The van der Waals surface area contributed by atoms with Crippen molar-refractivity contribution in [1.82, 2.24) is 19.7 Å². The number of likely N-dealkylation sites (tertiary alicyclic amines) is 1. The van der Waals surface area contributed by atoms with Crippen molar-refractivity contribution in [1.29, 1.82) is 0 Å². The number of carbonyl (C=O) groups is 2. The fourth-order valence-corrected chi connectivity index (χ4v) is 4.53. The Morgan fingerprint density at radius 3 is 2.61 bits per heavy atom. The van der Waals surface area contributed by atoms with Crippen LogP contribution in [0.3, 0.4) is 0 Å². The summed E-state index contributed by atoms with van der Waals surface area (Å²) in [5, 5.41) is 9.84. The number of nitrogens with zero attached hydrogens (tertiary/aromatic N) is 4. The lowest BCUT2D eigenvalue weighted by Gasteiger charge is -2.34. The molecule has 9 heteroatoms. The van der Waals surface area contributed by atoms with Gasteiger partial charge in [-0.3, -0.25) is 10.1 Å². The number of nitrogens with one attached hydrogen (secondary N) is 1. The molecule has 174 valence electrons. The number of ether oxygens (including phenoxy) is 1. The van der Waals surface area contributed by atoms with Crippen LogP contribution in [0, 0.1) is 6.92 Å². The molecule has 1 aliphatic rings. The molecule has 0 saturated carbocycles. The van der Waals surface area contributed by atoms with E-state index in [-0.39, 0.29) is 17.9 Å². The molecule has 1 aliphatic heterocycles. The molecule has 0 radical (unpaired) electrons. The lowest BCUT2D eigenvalue weighted by atomic mass is 9.91. The average molecular weight is 468 g/mol. The summed E-state index contributed by atoms with van der Waals surface area (Å²) >= 11 is 1.37. The van der Waals surface area contributed by atoms with E-state index in [4.69, 9.17) is 4.74 Å². The van der Waals surface area contributed by atoms with E-state index >= 15 is 0 Å². The summed E-state index contributed by atoms with van der Waals surface area (Å²) in [6.07, 6.45) is 4.42. The molecule has 3 aromatic rings. The number of anilines is 1. The molecule has 2 amide bonds. The maximum Gasteiger partial charge on any atom is 0.410 e. The zero-order valence-corrected chi connectivity index (χ0v) is 20.2. The Balaban J connectivity index is 1.61. The lowest BCUT2D eigenvalue weighted by molar-refractivity contribution is 0.0203. The highest BCUT2D eigenvalue weighted by Gasteiger charge is 2.32. The van der Waals surface area contributed by atoms with Crippen LogP contribution in [0.5, 0.6) is 0 Å². The minimum absolute atomic E-state index is 0.0729. The Kier molecular flexibility index (Phi) is 6.51. The molecule has 0 bridgehead atoms. The normalized spacial score (nSPS) is 14.8. The van der Waals surface area contributed by atoms with Crippen LogP contribution < -0.4 is 5.32 Å². The molecule has 1 aromatic carbocycles. The van der Waals surface area contributed by atoms with Gasteiger partial charge in [0.15, 0.2) is 5.13 Å². The topological polar surface area (TPSA) is 89.4 Å². The molecule has 1 N–H and O–H groups in total. The van der Waals surface area contributed by atoms with E-state index in [2.05, 4.69) is 21.5 Å². The average Bonchev–Trinajstić information content (AvgIpc) is 3.42. The summed E-state index contributed by atoms with van der Waals surface area (Å²) < 4.78 is 7.39. The molecule has 4 rings (SSSR count). The summed E-state index contributed by atoms with van der Waals surface area (Å²) in [7, 11) is 0. The van der Waals surface area contributed by atoms with Gasteiger partial charge in [0.05, 0.1) is 23.1 Å². The minimum Gasteiger partial charge on any atom is -0.444 e. The molecule has 0 spiro atoms. The Labute approximate surface area is 197 Å². The van der Waals surface area contributed by atoms with Crippen molar-refractivity contribution in [3.63, 3.8) is 0 Å². The molecule has 1 saturated heterocycles. The van der Waals surface area contributed by atoms with Gasteiger partial charge >= 0.3 is 6.09 Å². The first kappa shape index (κ1) is 23.0. The number of hydrogen-bond donors (Lipinski definition) is 1. The second-order valence-corrected chi connectivity index (χ2v) is 10.1. The molecule has 0 aliphatic carbocycles. The first-order chi connectivity index (χ1) is 15.7. The van der Waals surface area contributed by atoms with Crippen LogP contribution in [0.4, 0.5) is 9.93 Å². The van der Waals surface area contributed by atoms with Crippen LogP contribution in [-0.4, -0.2) is 50.4 Å².